The molecule has 1 N–H and O–H groups in total. The third-order valence-electron chi connectivity index (χ3n) is 2.83. The van der Waals surface area contributed by atoms with Crippen LogP contribution in [-0.2, 0) is 16.1 Å². The molecule has 0 fully saturated rings. The van der Waals surface area contributed by atoms with Gasteiger partial charge in [0.15, 0.2) is 0 Å². The van der Waals surface area contributed by atoms with Gasteiger partial charge in [0, 0.05) is 30.3 Å². The number of nitro groups is 1. The van der Waals surface area contributed by atoms with E-state index in [0.717, 1.165) is 0 Å². The predicted molar refractivity (Wildman–Crippen MR) is 75.2 cm³/mol. The number of rotatable bonds is 7. The van der Waals surface area contributed by atoms with Gasteiger partial charge < -0.3 is 10.1 Å². The van der Waals surface area contributed by atoms with Crippen molar-refractivity contribution in [1.29, 1.82) is 0 Å². The fourth-order valence-corrected chi connectivity index (χ4v) is 1.74. The Hall–Kier alpha value is -2.21. The van der Waals surface area contributed by atoms with Crippen molar-refractivity contribution >= 4 is 11.7 Å². The Morgan fingerprint density at radius 1 is 1.45 bits per heavy atom. The molecule has 0 amide bonds. The second-order valence-electron chi connectivity index (χ2n) is 4.09. The van der Waals surface area contributed by atoms with Crippen LogP contribution in [0.15, 0.2) is 35.9 Å². The summed E-state index contributed by atoms with van der Waals surface area (Å²) in [5.41, 5.74) is 1.29. The molecular formula is C14H18N2O4. The summed E-state index contributed by atoms with van der Waals surface area (Å²) in [5, 5.41) is 13.9. The first-order valence-electron chi connectivity index (χ1n) is 6.30. The van der Waals surface area contributed by atoms with Crippen molar-refractivity contribution in [3.63, 3.8) is 0 Å². The highest BCUT2D eigenvalue weighted by atomic mass is 16.6. The van der Waals surface area contributed by atoms with Gasteiger partial charge in [0.2, 0.25) is 0 Å². The van der Waals surface area contributed by atoms with Gasteiger partial charge in [0.25, 0.3) is 5.69 Å². The van der Waals surface area contributed by atoms with Crippen molar-refractivity contribution in [2.45, 2.75) is 19.9 Å². The summed E-state index contributed by atoms with van der Waals surface area (Å²) in [4.78, 5) is 21.8. The molecule has 1 rings (SSSR count). The number of carbonyl (C=O) groups excluding carboxylic acids is 1. The number of nitrogens with zero attached hydrogens (tertiary/aromatic N) is 1. The number of carbonyl (C=O) groups is 1. The molecule has 0 atom stereocenters. The van der Waals surface area contributed by atoms with E-state index >= 15 is 0 Å². The SMILES string of the molecule is CC/C(=C/CNCc1ccccc1[N+](=O)[O-])C(=O)OC. The van der Waals surface area contributed by atoms with Crippen LogP contribution < -0.4 is 5.32 Å². The summed E-state index contributed by atoms with van der Waals surface area (Å²) in [5.74, 6) is -0.347. The molecule has 0 aliphatic rings. The van der Waals surface area contributed by atoms with Gasteiger partial charge in [-0.05, 0) is 6.42 Å². The molecule has 0 spiro atoms. The van der Waals surface area contributed by atoms with Gasteiger partial charge in [-0.15, -0.1) is 0 Å². The molecule has 20 heavy (non-hydrogen) atoms. The van der Waals surface area contributed by atoms with E-state index in [1.54, 1.807) is 24.3 Å². The second-order valence-corrected chi connectivity index (χ2v) is 4.09. The van der Waals surface area contributed by atoms with E-state index in [-0.39, 0.29) is 11.7 Å². The highest BCUT2D eigenvalue weighted by Crippen LogP contribution is 2.16. The van der Waals surface area contributed by atoms with Crippen molar-refractivity contribution < 1.29 is 14.5 Å². The van der Waals surface area contributed by atoms with Crippen molar-refractivity contribution in [1.82, 2.24) is 5.32 Å². The molecule has 6 heteroatoms. The van der Waals surface area contributed by atoms with Crippen LogP contribution in [0, 0.1) is 10.1 Å². The van der Waals surface area contributed by atoms with Gasteiger partial charge in [0.05, 0.1) is 12.0 Å². The van der Waals surface area contributed by atoms with Gasteiger partial charge in [-0.1, -0.05) is 31.2 Å². The zero-order chi connectivity index (χ0) is 15.0. The van der Waals surface area contributed by atoms with Gasteiger partial charge in [0.1, 0.15) is 0 Å². The molecule has 0 saturated heterocycles. The van der Waals surface area contributed by atoms with Crippen LogP contribution in [0.2, 0.25) is 0 Å². The molecule has 0 unspecified atom stereocenters. The quantitative estimate of drug-likeness (QED) is 0.272. The zero-order valence-corrected chi connectivity index (χ0v) is 11.6. The van der Waals surface area contributed by atoms with Crippen LogP contribution in [0.5, 0.6) is 0 Å². The molecule has 0 bridgehead atoms. The maximum absolute atomic E-state index is 11.3. The van der Waals surface area contributed by atoms with Gasteiger partial charge >= 0.3 is 5.97 Å². The van der Waals surface area contributed by atoms with Crippen LogP contribution in [0.3, 0.4) is 0 Å². The lowest BCUT2D eigenvalue weighted by molar-refractivity contribution is -0.385. The zero-order valence-electron chi connectivity index (χ0n) is 11.6. The Balaban J connectivity index is 2.59. The third kappa shape index (κ3) is 4.47. The minimum absolute atomic E-state index is 0.0904. The van der Waals surface area contributed by atoms with Gasteiger partial charge in [-0.3, -0.25) is 10.1 Å². The third-order valence-corrected chi connectivity index (χ3v) is 2.83. The number of nitro benzene ring substituents is 1. The Labute approximate surface area is 117 Å². The van der Waals surface area contributed by atoms with Gasteiger partial charge in [-0.2, -0.15) is 0 Å². The minimum atomic E-state index is -0.404. The smallest absolute Gasteiger partial charge is 0.333 e. The molecule has 0 heterocycles. The summed E-state index contributed by atoms with van der Waals surface area (Å²) in [6, 6.07) is 6.56. The molecule has 108 valence electrons. The van der Waals surface area contributed by atoms with E-state index in [4.69, 9.17) is 0 Å². The number of methoxy groups -OCH3 is 1. The Kier molecular flexibility index (Phi) is 6.39. The molecule has 6 nitrogen and oxygen atoms in total. The first kappa shape index (κ1) is 15.8. The normalized spacial score (nSPS) is 11.2. The Morgan fingerprint density at radius 2 is 2.15 bits per heavy atom. The average molecular weight is 278 g/mol. The predicted octanol–water partition coefficient (Wildman–Crippen LogP) is 2.19. The molecule has 0 aliphatic heterocycles. The standard InChI is InChI=1S/C14H18N2O4/c1-3-11(14(17)20-2)8-9-15-10-12-6-4-5-7-13(12)16(18)19/h4-8,15H,3,9-10H2,1-2H3/b11-8-. The van der Waals surface area contributed by atoms with Crippen molar-refractivity contribution in [3.05, 3.63) is 51.6 Å². The molecule has 0 aliphatic carbocycles. The summed E-state index contributed by atoms with van der Waals surface area (Å²) in [7, 11) is 1.34. The van der Waals surface area contributed by atoms with E-state index < -0.39 is 4.92 Å². The number of hydrogen-bond donors (Lipinski definition) is 1. The fourth-order valence-electron chi connectivity index (χ4n) is 1.74. The number of benzene rings is 1. The highest BCUT2D eigenvalue weighted by molar-refractivity contribution is 5.88. The lowest BCUT2D eigenvalue weighted by Gasteiger charge is -2.05. The van der Waals surface area contributed by atoms with E-state index in [1.165, 1.54) is 13.2 Å². The lowest BCUT2D eigenvalue weighted by Crippen LogP contribution is -2.16. The second kappa shape index (κ2) is 8.06. The summed E-state index contributed by atoms with van der Waals surface area (Å²) in [6.07, 6.45) is 2.32. The first-order chi connectivity index (χ1) is 9.60. The molecule has 1 aromatic rings. The van der Waals surface area contributed by atoms with Crippen LogP contribution in [0.4, 0.5) is 5.69 Å². The summed E-state index contributed by atoms with van der Waals surface area (Å²) in [6.45, 7) is 2.68. The molecule has 1 aromatic carbocycles. The maximum atomic E-state index is 11.3. The number of nitrogens with one attached hydrogen (secondary N) is 1. The topological polar surface area (TPSA) is 81.5 Å². The van der Waals surface area contributed by atoms with Crippen molar-refractivity contribution in [2.75, 3.05) is 13.7 Å². The number of esters is 1. The largest absolute Gasteiger partial charge is 0.466 e. The van der Waals surface area contributed by atoms with Crippen LogP contribution in [0.25, 0.3) is 0 Å². The van der Waals surface area contributed by atoms with Crippen LogP contribution in [-0.4, -0.2) is 24.5 Å². The average Bonchev–Trinajstić information content (AvgIpc) is 2.47. The van der Waals surface area contributed by atoms with Crippen LogP contribution in [0.1, 0.15) is 18.9 Å². The molecule has 0 radical (unpaired) electrons. The van der Waals surface area contributed by atoms with Crippen molar-refractivity contribution in [2.24, 2.45) is 0 Å². The van der Waals surface area contributed by atoms with E-state index in [2.05, 4.69) is 10.1 Å². The molecular weight excluding hydrogens is 260 g/mol. The monoisotopic (exact) mass is 278 g/mol. The van der Waals surface area contributed by atoms with Gasteiger partial charge in [-0.25, -0.2) is 4.79 Å². The molecule has 0 aromatic heterocycles. The summed E-state index contributed by atoms with van der Waals surface area (Å²) < 4.78 is 4.64. The highest BCUT2D eigenvalue weighted by Gasteiger charge is 2.11. The first-order valence-corrected chi connectivity index (χ1v) is 6.30. The number of ether oxygens (including phenoxy) is 1. The number of para-hydroxylation sites is 1. The minimum Gasteiger partial charge on any atom is -0.466 e. The van der Waals surface area contributed by atoms with E-state index in [0.29, 0.717) is 30.6 Å². The number of hydrogen-bond acceptors (Lipinski definition) is 5. The van der Waals surface area contributed by atoms with E-state index in [1.807, 2.05) is 6.92 Å². The Morgan fingerprint density at radius 3 is 2.75 bits per heavy atom. The molecule has 0 saturated carbocycles. The van der Waals surface area contributed by atoms with Crippen LogP contribution >= 0.6 is 0 Å². The lowest BCUT2D eigenvalue weighted by atomic mass is 10.1. The van der Waals surface area contributed by atoms with Crippen molar-refractivity contribution in [3.8, 4) is 0 Å². The maximum Gasteiger partial charge on any atom is 0.333 e. The fraction of sp³-hybridized carbons (Fsp3) is 0.357. The van der Waals surface area contributed by atoms with E-state index in [9.17, 15) is 14.9 Å². The Bertz CT molecular complexity index is 512. The summed E-state index contributed by atoms with van der Waals surface area (Å²) >= 11 is 0.